The third kappa shape index (κ3) is 5.44. The topological polar surface area (TPSA) is 55.8 Å². The molecule has 0 atom stereocenters. The Morgan fingerprint density at radius 3 is 2.00 bits per heavy atom. The van der Waals surface area contributed by atoms with E-state index in [9.17, 15) is 9.59 Å². The van der Waals surface area contributed by atoms with Gasteiger partial charge in [0.05, 0.1) is 5.56 Å². The van der Waals surface area contributed by atoms with Crippen molar-refractivity contribution in [3.8, 4) is 5.75 Å². The van der Waals surface area contributed by atoms with Crippen molar-refractivity contribution in [1.29, 1.82) is 0 Å². The highest BCUT2D eigenvalue weighted by molar-refractivity contribution is 14.1. The van der Waals surface area contributed by atoms with Crippen molar-refractivity contribution in [2.75, 3.05) is 7.05 Å². The first-order valence-electron chi connectivity index (χ1n) is 9.18. The summed E-state index contributed by atoms with van der Waals surface area (Å²) in [4.78, 5) is 26.9. The summed E-state index contributed by atoms with van der Waals surface area (Å²) < 4.78 is 10.5. The van der Waals surface area contributed by atoms with Gasteiger partial charge in [0.15, 0.2) is 0 Å². The summed E-state index contributed by atoms with van der Waals surface area (Å²) in [6.07, 6.45) is 1.45. The standard InChI is InChI=1S/C21H30INO4/c1-19(2)12-16(13-20(3,4)23(19)7)26-17(24)14-8-10-15(11-9-14)27-18(25)21(5,6)22/h8-11,16H,12-13H2,1-7H3. The van der Waals surface area contributed by atoms with Crippen LogP contribution in [0.4, 0.5) is 0 Å². The van der Waals surface area contributed by atoms with Crippen LogP contribution in [0.5, 0.6) is 5.75 Å². The highest BCUT2D eigenvalue weighted by atomic mass is 127. The second kappa shape index (κ2) is 7.70. The zero-order valence-electron chi connectivity index (χ0n) is 17.3. The van der Waals surface area contributed by atoms with Crippen molar-refractivity contribution >= 4 is 34.5 Å². The zero-order valence-corrected chi connectivity index (χ0v) is 19.4. The maximum atomic E-state index is 12.6. The number of halogens is 1. The number of alkyl halides is 1. The lowest BCUT2D eigenvalue weighted by Crippen LogP contribution is -2.60. The molecule has 150 valence electrons. The molecule has 0 saturated carbocycles. The van der Waals surface area contributed by atoms with Crippen LogP contribution in [-0.2, 0) is 9.53 Å². The van der Waals surface area contributed by atoms with Crippen LogP contribution in [0.1, 0.15) is 64.7 Å². The summed E-state index contributed by atoms with van der Waals surface area (Å²) >= 11 is 2.03. The number of nitrogens with zero attached hydrogens (tertiary/aromatic N) is 1. The van der Waals surface area contributed by atoms with E-state index in [1.807, 2.05) is 22.6 Å². The number of carbonyl (C=O) groups is 2. The van der Waals surface area contributed by atoms with Crippen LogP contribution < -0.4 is 4.74 Å². The van der Waals surface area contributed by atoms with Gasteiger partial charge in [0.2, 0.25) is 0 Å². The van der Waals surface area contributed by atoms with E-state index >= 15 is 0 Å². The van der Waals surface area contributed by atoms with Gasteiger partial charge in [0.25, 0.3) is 0 Å². The molecule has 0 bridgehead atoms. The minimum Gasteiger partial charge on any atom is -0.459 e. The average molecular weight is 487 g/mol. The fourth-order valence-electron chi connectivity index (χ4n) is 3.47. The van der Waals surface area contributed by atoms with Crippen molar-refractivity contribution in [3.05, 3.63) is 29.8 Å². The maximum absolute atomic E-state index is 12.6. The van der Waals surface area contributed by atoms with Gasteiger partial charge in [0, 0.05) is 23.9 Å². The molecule has 0 unspecified atom stereocenters. The molecule has 5 nitrogen and oxygen atoms in total. The molecule has 1 aliphatic rings. The third-order valence-corrected chi connectivity index (χ3v) is 5.77. The smallest absolute Gasteiger partial charge is 0.338 e. The third-order valence-electron chi connectivity index (χ3n) is 5.33. The van der Waals surface area contributed by atoms with E-state index in [-0.39, 0.29) is 29.1 Å². The number of likely N-dealkylation sites (tertiary alicyclic amines) is 1. The molecule has 1 aromatic rings. The molecule has 0 aromatic heterocycles. The van der Waals surface area contributed by atoms with Gasteiger partial charge in [-0.3, -0.25) is 9.69 Å². The van der Waals surface area contributed by atoms with E-state index in [4.69, 9.17) is 9.47 Å². The van der Waals surface area contributed by atoms with Crippen LogP contribution >= 0.6 is 22.6 Å². The average Bonchev–Trinajstić information content (AvgIpc) is 2.51. The normalized spacial score (nSPS) is 20.1. The lowest BCUT2D eigenvalue weighted by atomic mass is 9.79. The van der Waals surface area contributed by atoms with Gasteiger partial charge < -0.3 is 9.47 Å². The predicted octanol–water partition coefficient (Wildman–Crippen LogP) is 4.61. The van der Waals surface area contributed by atoms with E-state index in [2.05, 4.69) is 39.6 Å². The molecule has 1 fully saturated rings. The van der Waals surface area contributed by atoms with Crippen molar-refractivity contribution < 1.29 is 19.1 Å². The second-order valence-corrected chi connectivity index (χ2v) is 11.7. The van der Waals surface area contributed by atoms with E-state index in [1.54, 1.807) is 38.1 Å². The van der Waals surface area contributed by atoms with Crippen molar-refractivity contribution in [2.24, 2.45) is 0 Å². The minimum atomic E-state index is -0.608. The van der Waals surface area contributed by atoms with E-state index in [0.29, 0.717) is 11.3 Å². The molecule has 2 rings (SSSR count). The molecule has 1 heterocycles. The highest BCUT2D eigenvalue weighted by Gasteiger charge is 2.44. The quantitative estimate of drug-likeness (QED) is 0.269. The monoisotopic (exact) mass is 487 g/mol. The molecule has 0 aliphatic carbocycles. The SMILES string of the molecule is CN1C(C)(C)CC(OC(=O)c2ccc(OC(=O)C(C)(C)I)cc2)CC1(C)C. The molecule has 1 aliphatic heterocycles. The molecular weight excluding hydrogens is 457 g/mol. The lowest BCUT2D eigenvalue weighted by Gasteiger charge is -2.53. The molecule has 6 heteroatoms. The number of hydrogen-bond donors (Lipinski definition) is 0. The highest BCUT2D eigenvalue weighted by Crippen LogP contribution is 2.38. The zero-order chi connectivity index (χ0) is 20.6. The van der Waals surface area contributed by atoms with Crippen LogP contribution in [0.25, 0.3) is 0 Å². The van der Waals surface area contributed by atoms with Crippen LogP contribution in [0, 0.1) is 0 Å². The van der Waals surface area contributed by atoms with Gasteiger partial charge in [-0.1, -0.05) is 22.6 Å². The first-order chi connectivity index (χ1) is 12.2. The Hall–Kier alpha value is -1.15. The van der Waals surface area contributed by atoms with Gasteiger partial charge in [0.1, 0.15) is 15.3 Å². The summed E-state index contributed by atoms with van der Waals surface area (Å²) in [5, 5.41) is 0. The maximum Gasteiger partial charge on any atom is 0.338 e. The van der Waals surface area contributed by atoms with Crippen LogP contribution in [-0.4, -0.2) is 44.5 Å². The lowest BCUT2D eigenvalue weighted by molar-refractivity contribution is -0.135. The Balaban J connectivity index is 2.03. The summed E-state index contributed by atoms with van der Waals surface area (Å²) in [6, 6.07) is 6.52. The molecule has 27 heavy (non-hydrogen) atoms. The van der Waals surface area contributed by atoms with E-state index < -0.39 is 3.42 Å². The van der Waals surface area contributed by atoms with Gasteiger partial charge in [-0.15, -0.1) is 0 Å². The first kappa shape index (κ1) is 22.1. The Kier molecular flexibility index (Phi) is 6.31. The number of hydrogen-bond acceptors (Lipinski definition) is 5. The van der Waals surface area contributed by atoms with E-state index in [0.717, 1.165) is 12.8 Å². The molecule has 1 aromatic carbocycles. The molecule has 0 spiro atoms. The predicted molar refractivity (Wildman–Crippen MR) is 115 cm³/mol. The second-order valence-electron chi connectivity index (χ2n) is 9.01. The Morgan fingerprint density at radius 2 is 1.56 bits per heavy atom. The molecular formula is C21H30INO4. The number of esters is 2. The Bertz CT molecular complexity index is 686. The van der Waals surface area contributed by atoms with Crippen LogP contribution in [0.3, 0.4) is 0 Å². The van der Waals surface area contributed by atoms with Crippen LogP contribution in [0.2, 0.25) is 0 Å². The number of rotatable bonds is 4. The Labute approximate surface area is 175 Å². The van der Waals surface area contributed by atoms with Gasteiger partial charge >= 0.3 is 11.9 Å². The minimum absolute atomic E-state index is 0.0446. The van der Waals surface area contributed by atoms with Crippen molar-refractivity contribution in [3.63, 3.8) is 0 Å². The molecule has 0 radical (unpaired) electrons. The summed E-state index contributed by atoms with van der Waals surface area (Å²) in [5.74, 6) is -0.250. The number of benzene rings is 1. The van der Waals surface area contributed by atoms with Crippen molar-refractivity contribution in [2.45, 2.75) is 75.0 Å². The number of ether oxygens (including phenoxy) is 2. The Morgan fingerprint density at radius 1 is 1.07 bits per heavy atom. The first-order valence-corrected chi connectivity index (χ1v) is 10.3. The van der Waals surface area contributed by atoms with Gasteiger partial charge in [-0.05, 0) is 72.9 Å². The van der Waals surface area contributed by atoms with Gasteiger partial charge in [-0.2, -0.15) is 0 Å². The number of carbonyl (C=O) groups excluding carboxylic acids is 2. The summed E-state index contributed by atoms with van der Waals surface area (Å²) in [6.45, 7) is 12.3. The van der Waals surface area contributed by atoms with E-state index in [1.165, 1.54) is 0 Å². The fraction of sp³-hybridized carbons (Fsp3) is 0.619. The largest absolute Gasteiger partial charge is 0.459 e. The number of piperidine rings is 1. The molecule has 0 amide bonds. The molecule has 1 saturated heterocycles. The summed E-state index contributed by atoms with van der Waals surface area (Å²) in [5.41, 5.74) is 0.367. The van der Waals surface area contributed by atoms with Crippen LogP contribution in [0.15, 0.2) is 24.3 Å². The van der Waals surface area contributed by atoms with Gasteiger partial charge in [-0.25, -0.2) is 4.79 Å². The van der Waals surface area contributed by atoms with Crippen molar-refractivity contribution in [1.82, 2.24) is 4.90 Å². The summed E-state index contributed by atoms with van der Waals surface area (Å²) in [7, 11) is 2.12. The molecule has 0 N–H and O–H groups in total. The fourth-order valence-corrected chi connectivity index (χ4v) is 3.58.